The van der Waals surface area contributed by atoms with E-state index in [1.54, 1.807) is 21.3 Å². The van der Waals surface area contributed by atoms with Crippen LogP contribution in [0.1, 0.15) is 25.3 Å². The van der Waals surface area contributed by atoms with Crippen molar-refractivity contribution < 1.29 is 23.7 Å². The van der Waals surface area contributed by atoms with Crippen molar-refractivity contribution in [3.63, 3.8) is 0 Å². The lowest BCUT2D eigenvalue weighted by Crippen LogP contribution is -2.38. The van der Waals surface area contributed by atoms with Gasteiger partial charge in [0, 0.05) is 37.9 Å². The molecule has 1 aromatic carbocycles. The third-order valence-corrected chi connectivity index (χ3v) is 4.39. The van der Waals surface area contributed by atoms with Crippen molar-refractivity contribution in [2.75, 3.05) is 54.2 Å². The molecule has 1 aliphatic heterocycles. The molecule has 0 amide bonds. The van der Waals surface area contributed by atoms with Gasteiger partial charge in [0.2, 0.25) is 0 Å². The van der Waals surface area contributed by atoms with E-state index in [4.69, 9.17) is 23.7 Å². The van der Waals surface area contributed by atoms with E-state index in [1.165, 1.54) is 0 Å². The zero-order valence-corrected chi connectivity index (χ0v) is 20.1. The zero-order chi connectivity index (χ0) is 20.2. The highest BCUT2D eigenvalue weighted by atomic mass is 127. The van der Waals surface area contributed by atoms with Gasteiger partial charge in [0.1, 0.15) is 5.75 Å². The predicted molar refractivity (Wildman–Crippen MR) is 124 cm³/mol. The molecule has 0 spiro atoms. The Hall–Kier alpha value is -1.46. The molecular formula is C20H34IN3O5. The van der Waals surface area contributed by atoms with Crippen LogP contribution >= 0.6 is 24.0 Å². The average Bonchev–Trinajstić information content (AvgIpc) is 3.24. The molecule has 0 radical (unpaired) electrons. The number of aliphatic imine (C=N–C) groups is 1. The third-order valence-electron chi connectivity index (χ3n) is 4.39. The normalized spacial score (nSPS) is 16.1. The molecule has 1 heterocycles. The van der Waals surface area contributed by atoms with Gasteiger partial charge < -0.3 is 34.3 Å². The molecule has 1 fully saturated rings. The van der Waals surface area contributed by atoms with Crippen molar-refractivity contribution in [1.29, 1.82) is 0 Å². The second kappa shape index (κ2) is 14.5. The van der Waals surface area contributed by atoms with E-state index < -0.39 is 0 Å². The lowest BCUT2D eigenvalue weighted by Gasteiger charge is -2.15. The summed E-state index contributed by atoms with van der Waals surface area (Å²) in [5.74, 6) is 2.75. The minimum Gasteiger partial charge on any atom is -0.496 e. The minimum absolute atomic E-state index is 0. The molecule has 1 atom stereocenters. The average molecular weight is 523 g/mol. The Morgan fingerprint density at radius 2 is 1.83 bits per heavy atom. The molecule has 8 nitrogen and oxygen atoms in total. The van der Waals surface area contributed by atoms with Crippen LogP contribution in [0.2, 0.25) is 0 Å². The topological polar surface area (TPSA) is 82.6 Å². The number of methoxy groups -OCH3 is 3. The summed E-state index contributed by atoms with van der Waals surface area (Å²) in [6, 6.07) is 3.70. The Morgan fingerprint density at radius 1 is 1.10 bits per heavy atom. The van der Waals surface area contributed by atoms with E-state index in [0.29, 0.717) is 37.0 Å². The first kappa shape index (κ1) is 25.6. The molecule has 0 aliphatic carbocycles. The van der Waals surface area contributed by atoms with Gasteiger partial charge in [-0.3, -0.25) is 0 Å². The van der Waals surface area contributed by atoms with E-state index >= 15 is 0 Å². The molecule has 2 N–H and O–H groups in total. The summed E-state index contributed by atoms with van der Waals surface area (Å²) < 4.78 is 27.3. The van der Waals surface area contributed by atoms with Crippen LogP contribution < -0.4 is 24.8 Å². The Kier molecular flexibility index (Phi) is 12.8. The predicted octanol–water partition coefficient (Wildman–Crippen LogP) is 2.58. The van der Waals surface area contributed by atoms with Gasteiger partial charge >= 0.3 is 0 Å². The van der Waals surface area contributed by atoms with Gasteiger partial charge in [0.15, 0.2) is 17.5 Å². The van der Waals surface area contributed by atoms with Gasteiger partial charge in [0.25, 0.3) is 0 Å². The first-order valence-corrected chi connectivity index (χ1v) is 9.72. The number of ether oxygens (including phenoxy) is 5. The van der Waals surface area contributed by atoms with E-state index in [-0.39, 0.29) is 30.1 Å². The summed E-state index contributed by atoms with van der Waals surface area (Å²) >= 11 is 0. The van der Waals surface area contributed by atoms with Crippen molar-refractivity contribution >= 4 is 29.9 Å². The summed E-state index contributed by atoms with van der Waals surface area (Å²) in [6.07, 6.45) is 2.14. The van der Waals surface area contributed by atoms with Crippen molar-refractivity contribution in [2.24, 2.45) is 4.99 Å². The molecular weight excluding hydrogens is 489 g/mol. The second-order valence-corrected chi connectivity index (χ2v) is 6.35. The quantitative estimate of drug-likeness (QED) is 0.200. The SMILES string of the molecule is CCNC(=NCc1cc(OC)c(OC)cc1OC)NCCCOC1CCOC1.I. The zero-order valence-electron chi connectivity index (χ0n) is 17.8. The maximum absolute atomic E-state index is 5.78. The summed E-state index contributed by atoms with van der Waals surface area (Å²) in [7, 11) is 4.85. The van der Waals surface area contributed by atoms with E-state index in [9.17, 15) is 0 Å². The van der Waals surface area contributed by atoms with Crippen LogP contribution in [0, 0.1) is 0 Å². The van der Waals surface area contributed by atoms with Crippen molar-refractivity contribution in [3.8, 4) is 17.2 Å². The third kappa shape index (κ3) is 8.43. The minimum atomic E-state index is 0. The maximum Gasteiger partial charge on any atom is 0.191 e. The first-order valence-electron chi connectivity index (χ1n) is 9.72. The molecule has 29 heavy (non-hydrogen) atoms. The molecule has 2 rings (SSSR count). The van der Waals surface area contributed by atoms with E-state index in [1.807, 2.05) is 19.1 Å². The summed E-state index contributed by atoms with van der Waals surface area (Å²) in [5.41, 5.74) is 0.918. The Labute approximate surface area is 190 Å². The number of halogens is 1. The first-order chi connectivity index (χ1) is 13.7. The van der Waals surface area contributed by atoms with Gasteiger partial charge in [-0.1, -0.05) is 0 Å². The monoisotopic (exact) mass is 523 g/mol. The smallest absolute Gasteiger partial charge is 0.191 e. The van der Waals surface area contributed by atoms with Gasteiger partial charge in [-0.15, -0.1) is 24.0 Å². The highest BCUT2D eigenvalue weighted by molar-refractivity contribution is 14.0. The van der Waals surface area contributed by atoms with Crippen LogP contribution in [0.3, 0.4) is 0 Å². The number of hydrogen-bond donors (Lipinski definition) is 2. The fraction of sp³-hybridized carbons (Fsp3) is 0.650. The Morgan fingerprint density at radius 3 is 2.45 bits per heavy atom. The highest BCUT2D eigenvalue weighted by Crippen LogP contribution is 2.34. The second-order valence-electron chi connectivity index (χ2n) is 6.35. The fourth-order valence-corrected chi connectivity index (χ4v) is 2.90. The Bertz CT molecular complexity index is 624. The van der Waals surface area contributed by atoms with Gasteiger partial charge in [-0.25, -0.2) is 4.99 Å². The van der Waals surface area contributed by atoms with Crippen LogP contribution in [0.25, 0.3) is 0 Å². The lowest BCUT2D eigenvalue weighted by molar-refractivity contribution is 0.0420. The van der Waals surface area contributed by atoms with Gasteiger partial charge in [-0.2, -0.15) is 0 Å². The largest absolute Gasteiger partial charge is 0.496 e. The number of guanidine groups is 1. The summed E-state index contributed by atoms with van der Waals surface area (Å²) in [4.78, 5) is 4.66. The number of rotatable bonds is 11. The van der Waals surface area contributed by atoms with Crippen molar-refractivity contribution in [2.45, 2.75) is 32.4 Å². The number of benzene rings is 1. The maximum atomic E-state index is 5.78. The fourth-order valence-electron chi connectivity index (χ4n) is 2.90. The summed E-state index contributed by atoms with van der Waals surface area (Å²) in [6.45, 7) is 6.29. The molecule has 1 aliphatic rings. The summed E-state index contributed by atoms with van der Waals surface area (Å²) in [5, 5.41) is 6.59. The van der Waals surface area contributed by atoms with Crippen LogP contribution in [0.15, 0.2) is 17.1 Å². The molecule has 1 saturated heterocycles. The number of hydrogen-bond acceptors (Lipinski definition) is 6. The van der Waals surface area contributed by atoms with Crippen LogP contribution in [0.4, 0.5) is 0 Å². The van der Waals surface area contributed by atoms with Crippen molar-refractivity contribution in [3.05, 3.63) is 17.7 Å². The molecule has 1 aromatic rings. The van der Waals surface area contributed by atoms with Crippen LogP contribution in [-0.4, -0.2) is 66.3 Å². The van der Waals surface area contributed by atoms with Crippen LogP contribution in [-0.2, 0) is 16.0 Å². The molecule has 166 valence electrons. The van der Waals surface area contributed by atoms with E-state index in [2.05, 4.69) is 15.6 Å². The van der Waals surface area contributed by atoms with E-state index in [0.717, 1.165) is 44.1 Å². The number of nitrogens with zero attached hydrogens (tertiary/aromatic N) is 1. The molecule has 9 heteroatoms. The van der Waals surface area contributed by atoms with Crippen LogP contribution in [0.5, 0.6) is 17.2 Å². The molecule has 0 bridgehead atoms. The van der Waals surface area contributed by atoms with Crippen molar-refractivity contribution in [1.82, 2.24) is 10.6 Å². The molecule has 1 unspecified atom stereocenters. The number of nitrogens with one attached hydrogen (secondary N) is 2. The highest BCUT2D eigenvalue weighted by Gasteiger charge is 2.15. The lowest BCUT2D eigenvalue weighted by atomic mass is 10.1. The molecule has 0 aromatic heterocycles. The Balaban J connectivity index is 0.00000420. The van der Waals surface area contributed by atoms with Gasteiger partial charge in [0.05, 0.1) is 40.6 Å². The van der Waals surface area contributed by atoms with Gasteiger partial charge in [-0.05, 0) is 25.8 Å². The standard InChI is InChI=1S/C20H33N3O5.HI/c1-5-21-20(22-8-6-9-28-16-7-10-27-14-16)23-13-15-11-18(25-3)19(26-4)12-17(15)24-2;/h11-12,16H,5-10,13-14H2,1-4H3,(H2,21,22,23);1H. The molecule has 0 saturated carbocycles.